The first-order valence-corrected chi connectivity index (χ1v) is 8.26. The van der Waals surface area contributed by atoms with Crippen LogP contribution < -0.4 is 5.32 Å². The fraction of sp³-hybridized carbons (Fsp3) is 0.400. The van der Waals surface area contributed by atoms with Crippen LogP contribution in [0.1, 0.15) is 40.5 Å². The van der Waals surface area contributed by atoms with Gasteiger partial charge in [0.1, 0.15) is 5.82 Å². The van der Waals surface area contributed by atoms with Gasteiger partial charge < -0.3 is 5.32 Å². The third-order valence-electron chi connectivity index (χ3n) is 3.09. The first-order valence-electron chi connectivity index (χ1n) is 6.65. The number of halogens is 2. The third kappa shape index (κ3) is 3.27. The van der Waals surface area contributed by atoms with E-state index in [4.69, 9.17) is 0 Å². The first kappa shape index (κ1) is 15.6. The second kappa shape index (κ2) is 6.78. The van der Waals surface area contributed by atoms with E-state index in [0.29, 0.717) is 10.0 Å². The molecule has 1 aromatic carbocycles. The molecule has 0 aliphatic carbocycles. The van der Waals surface area contributed by atoms with Crippen LogP contribution in [0.3, 0.4) is 0 Å². The molecule has 0 aliphatic heterocycles. The third-order valence-corrected chi connectivity index (χ3v) is 4.84. The molecule has 2 rings (SSSR count). The summed E-state index contributed by atoms with van der Waals surface area (Å²) in [5.41, 5.74) is 1.64. The Balaban J connectivity index is 2.47. The number of rotatable bonds is 5. The average Bonchev–Trinajstić information content (AvgIpc) is 2.74. The molecular formula is C15H18BrFN2S. The molecular weight excluding hydrogens is 339 g/mol. The van der Waals surface area contributed by atoms with Crippen molar-refractivity contribution in [1.29, 1.82) is 0 Å². The lowest BCUT2D eigenvalue weighted by Crippen LogP contribution is -2.24. The summed E-state index contributed by atoms with van der Waals surface area (Å²) in [6.07, 6.45) is 1.00. The minimum absolute atomic E-state index is 0.140. The lowest BCUT2D eigenvalue weighted by Gasteiger charge is -2.19. The fourth-order valence-electron chi connectivity index (χ4n) is 2.19. The normalized spacial score (nSPS) is 12.7. The molecule has 0 fully saturated rings. The van der Waals surface area contributed by atoms with E-state index in [0.717, 1.165) is 28.5 Å². The summed E-state index contributed by atoms with van der Waals surface area (Å²) in [7, 11) is 0. The number of nitrogens with zero attached hydrogens (tertiary/aromatic N) is 1. The van der Waals surface area contributed by atoms with Gasteiger partial charge in [0.25, 0.3) is 0 Å². The number of hydrogen-bond acceptors (Lipinski definition) is 3. The van der Waals surface area contributed by atoms with Crippen LogP contribution in [0.5, 0.6) is 0 Å². The summed E-state index contributed by atoms with van der Waals surface area (Å²) >= 11 is 4.89. The van der Waals surface area contributed by atoms with E-state index in [9.17, 15) is 4.39 Å². The van der Waals surface area contributed by atoms with Gasteiger partial charge >= 0.3 is 0 Å². The van der Waals surface area contributed by atoms with E-state index in [1.807, 2.05) is 26.0 Å². The number of nitrogens with one attached hydrogen (secondary N) is 1. The Labute approximate surface area is 131 Å². The van der Waals surface area contributed by atoms with Crippen LogP contribution in [0.25, 0.3) is 0 Å². The molecule has 0 amide bonds. The van der Waals surface area contributed by atoms with E-state index < -0.39 is 0 Å². The standard InChI is InChI=1S/C15H18BrFN2S/c1-4-8-18-14(15-9(2)19-10(3)20-15)11-6-5-7-12(16)13(11)17/h5-7,14,18H,4,8H2,1-3H3. The fourth-order valence-corrected chi connectivity index (χ4v) is 3.59. The van der Waals surface area contributed by atoms with Crippen molar-refractivity contribution in [3.05, 3.63) is 49.6 Å². The monoisotopic (exact) mass is 356 g/mol. The Morgan fingerprint density at radius 3 is 2.75 bits per heavy atom. The quantitative estimate of drug-likeness (QED) is 0.835. The zero-order chi connectivity index (χ0) is 14.7. The van der Waals surface area contributed by atoms with Gasteiger partial charge in [0.2, 0.25) is 0 Å². The molecule has 0 aliphatic rings. The predicted molar refractivity (Wildman–Crippen MR) is 85.8 cm³/mol. The van der Waals surface area contributed by atoms with Gasteiger partial charge in [0.05, 0.1) is 21.2 Å². The van der Waals surface area contributed by atoms with E-state index >= 15 is 0 Å². The molecule has 2 nitrogen and oxygen atoms in total. The van der Waals surface area contributed by atoms with Gasteiger partial charge in [-0.15, -0.1) is 11.3 Å². The Morgan fingerprint density at radius 2 is 2.15 bits per heavy atom. The molecule has 1 unspecified atom stereocenters. The van der Waals surface area contributed by atoms with Crippen molar-refractivity contribution in [2.24, 2.45) is 0 Å². The molecule has 1 N–H and O–H groups in total. The smallest absolute Gasteiger partial charge is 0.142 e. The average molecular weight is 357 g/mol. The Morgan fingerprint density at radius 1 is 1.40 bits per heavy atom. The van der Waals surface area contributed by atoms with Gasteiger partial charge in [-0.2, -0.15) is 0 Å². The highest BCUT2D eigenvalue weighted by Gasteiger charge is 2.22. The number of aryl methyl sites for hydroxylation is 2. The zero-order valence-electron chi connectivity index (χ0n) is 11.8. The van der Waals surface area contributed by atoms with Crippen molar-refractivity contribution in [3.63, 3.8) is 0 Å². The van der Waals surface area contributed by atoms with Crippen LogP contribution in [0.2, 0.25) is 0 Å². The van der Waals surface area contributed by atoms with Gasteiger partial charge in [0, 0.05) is 10.4 Å². The summed E-state index contributed by atoms with van der Waals surface area (Å²) in [4.78, 5) is 5.55. The lowest BCUT2D eigenvalue weighted by atomic mass is 10.0. The van der Waals surface area contributed by atoms with Gasteiger partial charge in [0.15, 0.2) is 0 Å². The molecule has 5 heteroatoms. The topological polar surface area (TPSA) is 24.9 Å². The summed E-state index contributed by atoms with van der Waals surface area (Å²) in [6.45, 7) is 6.91. The van der Waals surface area contributed by atoms with Crippen molar-refractivity contribution in [2.45, 2.75) is 33.2 Å². The summed E-state index contributed by atoms with van der Waals surface area (Å²) in [5, 5.41) is 4.44. The molecule has 0 saturated carbocycles. The number of hydrogen-bond donors (Lipinski definition) is 1. The second-order valence-corrected chi connectivity index (χ2v) is 6.80. The van der Waals surface area contributed by atoms with Crippen molar-refractivity contribution in [2.75, 3.05) is 6.54 Å². The van der Waals surface area contributed by atoms with Gasteiger partial charge in [-0.3, -0.25) is 0 Å². The molecule has 0 bridgehead atoms. The van der Waals surface area contributed by atoms with Crippen molar-refractivity contribution in [1.82, 2.24) is 10.3 Å². The molecule has 0 spiro atoms. The Hall–Kier alpha value is -0.780. The van der Waals surface area contributed by atoms with Crippen LogP contribution in [0.4, 0.5) is 4.39 Å². The van der Waals surface area contributed by atoms with Crippen molar-refractivity contribution in [3.8, 4) is 0 Å². The molecule has 1 aromatic heterocycles. The molecule has 2 aromatic rings. The maximum Gasteiger partial charge on any atom is 0.142 e. The minimum Gasteiger partial charge on any atom is -0.305 e. The SMILES string of the molecule is CCCNC(c1cccc(Br)c1F)c1sc(C)nc1C. The highest BCUT2D eigenvalue weighted by Crippen LogP contribution is 2.33. The largest absolute Gasteiger partial charge is 0.305 e. The maximum atomic E-state index is 14.4. The van der Waals surface area contributed by atoms with Crippen LogP contribution in [-0.4, -0.2) is 11.5 Å². The molecule has 108 valence electrons. The van der Waals surface area contributed by atoms with Gasteiger partial charge in [-0.1, -0.05) is 19.1 Å². The van der Waals surface area contributed by atoms with Gasteiger partial charge in [-0.25, -0.2) is 9.37 Å². The number of thiazole rings is 1. The Kier molecular flexibility index (Phi) is 5.29. The highest BCUT2D eigenvalue weighted by atomic mass is 79.9. The number of benzene rings is 1. The zero-order valence-corrected chi connectivity index (χ0v) is 14.2. The molecule has 1 atom stereocenters. The predicted octanol–water partition coefficient (Wildman–Crippen LogP) is 4.75. The lowest BCUT2D eigenvalue weighted by molar-refractivity contribution is 0.546. The van der Waals surface area contributed by atoms with Crippen molar-refractivity contribution < 1.29 is 4.39 Å². The van der Waals surface area contributed by atoms with E-state index in [1.165, 1.54) is 0 Å². The number of aromatic nitrogens is 1. The van der Waals surface area contributed by atoms with E-state index in [1.54, 1.807) is 17.4 Å². The second-order valence-electron chi connectivity index (χ2n) is 4.71. The van der Waals surface area contributed by atoms with Gasteiger partial charge in [-0.05, 0) is 48.8 Å². The Bertz CT molecular complexity index is 598. The van der Waals surface area contributed by atoms with E-state index in [-0.39, 0.29) is 11.9 Å². The van der Waals surface area contributed by atoms with Crippen molar-refractivity contribution >= 4 is 27.3 Å². The molecule has 20 heavy (non-hydrogen) atoms. The molecule has 1 heterocycles. The van der Waals surface area contributed by atoms with Crippen LogP contribution in [0.15, 0.2) is 22.7 Å². The first-order chi connectivity index (χ1) is 9.54. The summed E-state index contributed by atoms with van der Waals surface area (Å²) in [6, 6.07) is 5.29. The summed E-state index contributed by atoms with van der Waals surface area (Å²) < 4.78 is 14.9. The van der Waals surface area contributed by atoms with E-state index in [2.05, 4.69) is 33.2 Å². The minimum atomic E-state index is -0.202. The van der Waals surface area contributed by atoms with Crippen LogP contribution in [-0.2, 0) is 0 Å². The van der Waals surface area contributed by atoms with Crippen LogP contribution in [0, 0.1) is 19.7 Å². The highest BCUT2D eigenvalue weighted by molar-refractivity contribution is 9.10. The molecule has 0 radical (unpaired) electrons. The van der Waals surface area contributed by atoms with Crippen LogP contribution >= 0.6 is 27.3 Å². The summed E-state index contributed by atoms with van der Waals surface area (Å²) in [5.74, 6) is -0.202. The molecule has 0 saturated heterocycles. The maximum absolute atomic E-state index is 14.4.